The van der Waals surface area contributed by atoms with E-state index in [-0.39, 0.29) is 13.2 Å². The van der Waals surface area contributed by atoms with Crippen molar-refractivity contribution in [2.75, 3.05) is 54.5 Å². The van der Waals surface area contributed by atoms with Crippen molar-refractivity contribution in [2.45, 2.75) is 12.2 Å². The molecule has 0 amide bonds. The Morgan fingerprint density at radius 2 is 1.09 bits per heavy atom. The Morgan fingerprint density at radius 1 is 0.773 bits per heavy atom. The Bertz CT molecular complexity index is 370. The van der Waals surface area contributed by atoms with Gasteiger partial charge in [0.15, 0.2) is 0 Å². The maximum absolute atomic E-state index is 9.73. The third kappa shape index (κ3) is 8.19. The van der Waals surface area contributed by atoms with Gasteiger partial charge in [0.2, 0.25) is 0 Å². The molecule has 0 bridgehead atoms. The van der Waals surface area contributed by atoms with Gasteiger partial charge in [-0.25, -0.2) is 0 Å². The number of aliphatic hydroxyl groups is 2. The number of hydrogen-bond donors (Lipinski definition) is 2. The molecule has 0 spiro atoms. The van der Waals surface area contributed by atoms with E-state index in [0.717, 1.165) is 0 Å². The van der Waals surface area contributed by atoms with Crippen molar-refractivity contribution in [3.8, 4) is 11.5 Å². The number of benzene rings is 1. The van der Waals surface area contributed by atoms with Crippen LogP contribution in [0.3, 0.4) is 0 Å². The van der Waals surface area contributed by atoms with Crippen LogP contribution in [0.5, 0.6) is 11.5 Å². The number of ether oxygens (including phenoxy) is 2. The van der Waals surface area contributed by atoms with Gasteiger partial charge in [-0.3, -0.25) is 0 Å². The number of likely N-dealkylation sites (N-methyl/N-ethyl adjacent to an activating group) is 2. The molecule has 0 saturated heterocycles. The first-order valence-electron chi connectivity index (χ1n) is 7.38. The van der Waals surface area contributed by atoms with Gasteiger partial charge in [0.25, 0.3) is 0 Å². The summed E-state index contributed by atoms with van der Waals surface area (Å²) in [6.07, 6.45) is -1.04. The van der Waals surface area contributed by atoms with Crippen molar-refractivity contribution in [1.29, 1.82) is 0 Å². The Morgan fingerprint density at radius 3 is 1.36 bits per heavy atom. The first-order chi connectivity index (χ1) is 10.4. The van der Waals surface area contributed by atoms with Gasteiger partial charge >= 0.3 is 0 Å². The maximum Gasteiger partial charge on any atom is 0.119 e. The summed E-state index contributed by atoms with van der Waals surface area (Å²) in [7, 11) is 7.61. The van der Waals surface area contributed by atoms with Crippen molar-refractivity contribution in [3.63, 3.8) is 0 Å². The monoisotopic (exact) mass is 312 g/mol. The Kier molecular flexibility index (Phi) is 8.19. The molecule has 6 nitrogen and oxygen atoms in total. The lowest BCUT2D eigenvalue weighted by Gasteiger charge is -2.17. The molecule has 2 N–H and O–H groups in total. The van der Waals surface area contributed by atoms with Crippen LogP contribution in [-0.4, -0.2) is 86.7 Å². The Hall–Kier alpha value is -1.34. The average molecular weight is 312 g/mol. The van der Waals surface area contributed by atoms with Gasteiger partial charge in [-0.05, 0) is 52.5 Å². The molecule has 0 aromatic heterocycles. The number of hydrogen-bond acceptors (Lipinski definition) is 6. The topological polar surface area (TPSA) is 65.4 Å². The summed E-state index contributed by atoms with van der Waals surface area (Å²) >= 11 is 0. The van der Waals surface area contributed by atoms with E-state index in [1.165, 1.54) is 0 Å². The van der Waals surface area contributed by atoms with Gasteiger partial charge in [0.1, 0.15) is 36.9 Å². The maximum atomic E-state index is 9.73. The van der Waals surface area contributed by atoms with Crippen LogP contribution >= 0.6 is 0 Å². The zero-order valence-corrected chi connectivity index (χ0v) is 13.9. The summed E-state index contributed by atoms with van der Waals surface area (Å²) in [6.45, 7) is 1.62. The van der Waals surface area contributed by atoms with Crippen LogP contribution in [0.4, 0.5) is 0 Å². The highest BCUT2D eigenvalue weighted by molar-refractivity contribution is 5.31. The van der Waals surface area contributed by atoms with Crippen molar-refractivity contribution < 1.29 is 19.7 Å². The van der Waals surface area contributed by atoms with Crippen molar-refractivity contribution in [1.82, 2.24) is 9.80 Å². The molecule has 1 rings (SSSR count). The molecule has 0 radical (unpaired) electrons. The lowest BCUT2D eigenvalue weighted by molar-refractivity contribution is 0.0815. The summed E-state index contributed by atoms with van der Waals surface area (Å²) < 4.78 is 11.0. The van der Waals surface area contributed by atoms with Crippen molar-refractivity contribution >= 4 is 0 Å². The fourth-order valence-corrected chi connectivity index (χ4v) is 1.97. The molecular weight excluding hydrogens is 284 g/mol. The van der Waals surface area contributed by atoms with Gasteiger partial charge in [-0.15, -0.1) is 0 Å². The molecule has 0 saturated carbocycles. The second kappa shape index (κ2) is 9.63. The number of aliphatic hydroxyl groups excluding tert-OH is 2. The predicted molar refractivity (Wildman–Crippen MR) is 86.6 cm³/mol. The van der Waals surface area contributed by atoms with Crippen LogP contribution in [0, 0.1) is 0 Å². The minimum atomic E-state index is -0.521. The van der Waals surface area contributed by atoms with Gasteiger partial charge < -0.3 is 29.5 Å². The van der Waals surface area contributed by atoms with Crippen molar-refractivity contribution in [3.05, 3.63) is 24.3 Å². The molecule has 1 aromatic carbocycles. The normalized spacial score (nSPS) is 14.2. The van der Waals surface area contributed by atoms with Gasteiger partial charge in [0.05, 0.1) is 0 Å². The van der Waals surface area contributed by atoms with Crippen LogP contribution in [0.15, 0.2) is 24.3 Å². The van der Waals surface area contributed by atoms with Crippen molar-refractivity contribution in [2.24, 2.45) is 0 Å². The van der Waals surface area contributed by atoms with Gasteiger partial charge in [-0.1, -0.05) is 0 Å². The Labute approximate surface area is 132 Å². The molecule has 22 heavy (non-hydrogen) atoms. The molecular formula is C16H28N2O4. The summed E-state index contributed by atoms with van der Waals surface area (Å²) in [6, 6.07) is 7.15. The molecule has 2 atom stereocenters. The van der Waals surface area contributed by atoms with E-state index < -0.39 is 12.2 Å². The molecule has 6 heteroatoms. The largest absolute Gasteiger partial charge is 0.491 e. The number of nitrogens with zero attached hydrogens (tertiary/aromatic N) is 2. The standard InChI is InChI=1S/C16H28N2O4/c1-17(2)9-13(19)11-21-15-5-7-16(8-6-15)22-12-14(20)10-18(3)4/h5-8,13-14,19-20H,9-12H2,1-4H3. The number of rotatable bonds is 10. The van der Waals surface area contributed by atoms with E-state index in [9.17, 15) is 10.2 Å². The highest BCUT2D eigenvalue weighted by Gasteiger charge is 2.08. The Balaban J connectivity index is 2.33. The first kappa shape index (κ1) is 18.7. The van der Waals surface area contributed by atoms with Crippen LogP contribution < -0.4 is 9.47 Å². The van der Waals surface area contributed by atoms with Gasteiger partial charge in [0, 0.05) is 13.1 Å². The lowest BCUT2D eigenvalue weighted by Crippen LogP contribution is -2.30. The van der Waals surface area contributed by atoms with E-state index in [1.54, 1.807) is 24.3 Å². The smallest absolute Gasteiger partial charge is 0.119 e. The molecule has 0 aliphatic carbocycles. The lowest BCUT2D eigenvalue weighted by atomic mass is 10.3. The van der Waals surface area contributed by atoms with Crippen LogP contribution in [-0.2, 0) is 0 Å². The molecule has 1 aromatic rings. The zero-order valence-electron chi connectivity index (χ0n) is 13.9. The highest BCUT2D eigenvalue weighted by Crippen LogP contribution is 2.18. The average Bonchev–Trinajstić information content (AvgIpc) is 2.42. The first-order valence-corrected chi connectivity index (χ1v) is 7.38. The second-order valence-electron chi connectivity index (χ2n) is 5.93. The van der Waals surface area contributed by atoms with E-state index in [4.69, 9.17) is 9.47 Å². The third-order valence-electron chi connectivity index (χ3n) is 2.86. The van der Waals surface area contributed by atoms with Crippen LogP contribution in [0.25, 0.3) is 0 Å². The molecule has 0 fully saturated rings. The van der Waals surface area contributed by atoms with E-state index in [0.29, 0.717) is 24.6 Å². The zero-order chi connectivity index (χ0) is 16.5. The van der Waals surface area contributed by atoms with E-state index in [1.807, 2.05) is 38.0 Å². The summed E-state index contributed by atoms with van der Waals surface area (Å²) in [5, 5.41) is 19.5. The van der Waals surface area contributed by atoms with E-state index >= 15 is 0 Å². The third-order valence-corrected chi connectivity index (χ3v) is 2.86. The van der Waals surface area contributed by atoms with Gasteiger partial charge in [-0.2, -0.15) is 0 Å². The fourth-order valence-electron chi connectivity index (χ4n) is 1.97. The molecule has 0 aliphatic rings. The second-order valence-corrected chi connectivity index (χ2v) is 5.93. The minimum absolute atomic E-state index is 0.250. The fraction of sp³-hybridized carbons (Fsp3) is 0.625. The van der Waals surface area contributed by atoms with E-state index in [2.05, 4.69) is 0 Å². The summed E-state index contributed by atoms with van der Waals surface area (Å²) in [4.78, 5) is 3.81. The van der Waals surface area contributed by atoms with Crippen LogP contribution in [0.1, 0.15) is 0 Å². The quantitative estimate of drug-likeness (QED) is 0.647. The predicted octanol–water partition coefficient (Wildman–Crippen LogP) is 0.289. The molecule has 2 unspecified atom stereocenters. The van der Waals surface area contributed by atoms with Crippen LogP contribution in [0.2, 0.25) is 0 Å². The SMILES string of the molecule is CN(C)CC(O)COc1ccc(OCC(O)CN(C)C)cc1. The molecule has 0 aliphatic heterocycles. The highest BCUT2D eigenvalue weighted by atomic mass is 16.5. The molecule has 0 heterocycles. The minimum Gasteiger partial charge on any atom is -0.491 e. The molecule has 126 valence electrons. The summed E-state index contributed by atoms with van der Waals surface area (Å²) in [5.74, 6) is 1.36. The summed E-state index contributed by atoms with van der Waals surface area (Å²) in [5.41, 5.74) is 0.